The molecule has 5 nitrogen and oxygen atoms in total. The average molecular weight is 279 g/mol. The lowest BCUT2D eigenvalue weighted by Crippen LogP contribution is -2.34. The third-order valence-corrected chi connectivity index (χ3v) is 4.65. The Labute approximate surface area is 120 Å². The van der Waals surface area contributed by atoms with Crippen LogP contribution in [0, 0.1) is 5.41 Å². The maximum absolute atomic E-state index is 11.4. The van der Waals surface area contributed by atoms with Crippen molar-refractivity contribution in [1.29, 1.82) is 0 Å². The van der Waals surface area contributed by atoms with Gasteiger partial charge < -0.3 is 5.11 Å². The van der Waals surface area contributed by atoms with E-state index in [2.05, 4.69) is 23.8 Å². The van der Waals surface area contributed by atoms with E-state index in [9.17, 15) is 9.90 Å². The Morgan fingerprint density at radius 2 is 2.30 bits per heavy atom. The smallest absolute Gasteiger partial charge is 0.310 e. The van der Waals surface area contributed by atoms with Crippen molar-refractivity contribution in [2.24, 2.45) is 5.41 Å². The van der Waals surface area contributed by atoms with Gasteiger partial charge in [0, 0.05) is 25.3 Å². The summed E-state index contributed by atoms with van der Waals surface area (Å²) in [6.45, 7) is 8.49. The summed E-state index contributed by atoms with van der Waals surface area (Å²) in [7, 11) is 0. The zero-order chi connectivity index (χ0) is 14.8. The third kappa shape index (κ3) is 2.87. The zero-order valence-electron chi connectivity index (χ0n) is 12.7. The van der Waals surface area contributed by atoms with Crippen LogP contribution in [0.2, 0.25) is 0 Å². The first-order valence-corrected chi connectivity index (χ1v) is 7.50. The van der Waals surface area contributed by atoms with Crippen LogP contribution < -0.4 is 0 Å². The highest BCUT2D eigenvalue weighted by Gasteiger charge is 2.43. The number of hydrogen-bond donors (Lipinski definition) is 1. The summed E-state index contributed by atoms with van der Waals surface area (Å²) in [5.74, 6) is -0.660. The summed E-state index contributed by atoms with van der Waals surface area (Å²) in [5.41, 5.74) is 0.474. The first kappa shape index (κ1) is 15.0. The van der Waals surface area contributed by atoms with Crippen molar-refractivity contribution < 1.29 is 9.90 Å². The van der Waals surface area contributed by atoms with Gasteiger partial charge in [-0.3, -0.25) is 14.4 Å². The lowest BCUT2D eigenvalue weighted by atomic mass is 9.84. The van der Waals surface area contributed by atoms with Crippen LogP contribution in [0.15, 0.2) is 12.3 Å². The lowest BCUT2D eigenvalue weighted by molar-refractivity contribution is -0.148. The molecule has 0 spiro atoms. The molecule has 0 saturated carbocycles. The molecular weight excluding hydrogens is 254 g/mol. The van der Waals surface area contributed by atoms with Gasteiger partial charge >= 0.3 is 5.97 Å². The van der Waals surface area contributed by atoms with Crippen molar-refractivity contribution in [3.8, 4) is 0 Å². The van der Waals surface area contributed by atoms with Crippen molar-refractivity contribution in [3.05, 3.63) is 18.0 Å². The largest absolute Gasteiger partial charge is 0.481 e. The third-order valence-electron chi connectivity index (χ3n) is 4.65. The summed E-state index contributed by atoms with van der Waals surface area (Å²) < 4.78 is 2.00. The van der Waals surface area contributed by atoms with Gasteiger partial charge in [0.25, 0.3) is 0 Å². The zero-order valence-corrected chi connectivity index (χ0v) is 12.7. The number of aliphatic carboxylic acids is 1. The number of carbonyl (C=O) groups is 1. The number of carboxylic acids is 1. The number of rotatable bonds is 6. The fourth-order valence-corrected chi connectivity index (χ4v) is 2.83. The molecule has 1 aromatic rings. The maximum atomic E-state index is 11.4. The molecule has 2 rings (SSSR count). The monoisotopic (exact) mass is 279 g/mol. The van der Waals surface area contributed by atoms with E-state index < -0.39 is 11.4 Å². The predicted molar refractivity (Wildman–Crippen MR) is 77.5 cm³/mol. The quantitative estimate of drug-likeness (QED) is 0.869. The van der Waals surface area contributed by atoms with Crippen molar-refractivity contribution >= 4 is 5.97 Å². The Balaban J connectivity index is 1.98. The standard InChI is InChI=1S/C15H25N3O2/c1-4-12(3)18-8-6-13(16-18)10-17-9-7-15(5-2,11-17)14(19)20/h6,8,12H,4-5,7,9-11H2,1-3H3,(H,19,20). The van der Waals surface area contributed by atoms with E-state index in [-0.39, 0.29) is 0 Å². The molecule has 1 saturated heterocycles. The van der Waals surface area contributed by atoms with Crippen LogP contribution in [0.25, 0.3) is 0 Å². The lowest BCUT2D eigenvalue weighted by Gasteiger charge is -2.22. The molecule has 20 heavy (non-hydrogen) atoms. The molecule has 112 valence electrons. The number of aromatic nitrogens is 2. The molecule has 1 aliphatic rings. The summed E-state index contributed by atoms with van der Waals surface area (Å²) in [6, 6.07) is 2.45. The van der Waals surface area contributed by atoms with Gasteiger partial charge in [-0.05, 0) is 38.8 Å². The second-order valence-electron chi connectivity index (χ2n) is 5.94. The number of carboxylic acid groups (broad SMARTS) is 1. The van der Waals surface area contributed by atoms with E-state index >= 15 is 0 Å². The Morgan fingerprint density at radius 3 is 2.85 bits per heavy atom. The molecule has 0 radical (unpaired) electrons. The van der Waals surface area contributed by atoms with Gasteiger partial charge in [0.2, 0.25) is 0 Å². The van der Waals surface area contributed by atoms with Crippen LogP contribution >= 0.6 is 0 Å². The van der Waals surface area contributed by atoms with Gasteiger partial charge in [-0.2, -0.15) is 5.10 Å². The molecule has 1 aliphatic heterocycles. The summed E-state index contributed by atoms with van der Waals surface area (Å²) in [5, 5.41) is 14.0. The highest BCUT2D eigenvalue weighted by Crippen LogP contribution is 2.34. The Bertz CT molecular complexity index is 471. The van der Waals surface area contributed by atoms with E-state index in [1.165, 1.54) is 0 Å². The molecule has 0 aromatic carbocycles. The molecule has 5 heteroatoms. The van der Waals surface area contributed by atoms with Gasteiger partial charge in [0.05, 0.1) is 11.1 Å². The highest BCUT2D eigenvalue weighted by molar-refractivity contribution is 5.75. The molecular formula is C15H25N3O2. The average Bonchev–Trinajstić information content (AvgIpc) is 3.06. The number of hydrogen-bond acceptors (Lipinski definition) is 3. The summed E-state index contributed by atoms with van der Waals surface area (Å²) in [4.78, 5) is 13.6. The molecule has 2 unspecified atom stereocenters. The molecule has 0 amide bonds. The van der Waals surface area contributed by atoms with Crippen LogP contribution in [0.3, 0.4) is 0 Å². The summed E-state index contributed by atoms with van der Waals surface area (Å²) in [6.07, 6.45) is 4.51. The molecule has 1 fully saturated rings. The van der Waals surface area contributed by atoms with Crippen LogP contribution in [-0.2, 0) is 11.3 Å². The molecule has 0 bridgehead atoms. The van der Waals surface area contributed by atoms with Gasteiger partial charge in [0.15, 0.2) is 0 Å². The van der Waals surface area contributed by atoms with Crippen LogP contribution in [0.5, 0.6) is 0 Å². The highest BCUT2D eigenvalue weighted by atomic mass is 16.4. The maximum Gasteiger partial charge on any atom is 0.310 e. The fraction of sp³-hybridized carbons (Fsp3) is 0.733. The Kier molecular flexibility index (Phi) is 4.48. The first-order valence-electron chi connectivity index (χ1n) is 7.50. The predicted octanol–water partition coefficient (Wildman–Crippen LogP) is 2.54. The van der Waals surface area contributed by atoms with Crippen LogP contribution in [-0.4, -0.2) is 38.8 Å². The molecule has 1 N–H and O–H groups in total. The van der Waals surface area contributed by atoms with Crippen molar-refractivity contribution in [3.63, 3.8) is 0 Å². The summed E-state index contributed by atoms with van der Waals surface area (Å²) >= 11 is 0. The number of likely N-dealkylation sites (tertiary alicyclic amines) is 1. The molecule has 1 aromatic heterocycles. The van der Waals surface area contributed by atoms with Gasteiger partial charge in [-0.25, -0.2) is 0 Å². The number of nitrogens with zero attached hydrogens (tertiary/aromatic N) is 3. The molecule has 2 heterocycles. The second kappa shape index (κ2) is 5.95. The fourth-order valence-electron chi connectivity index (χ4n) is 2.83. The van der Waals surface area contributed by atoms with Crippen molar-refractivity contribution in [2.75, 3.05) is 13.1 Å². The normalized spacial score (nSPS) is 24.9. The van der Waals surface area contributed by atoms with E-state index in [1.807, 2.05) is 23.9 Å². The van der Waals surface area contributed by atoms with Crippen molar-refractivity contribution in [2.45, 2.75) is 52.6 Å². The SMILES string of the molecule is CCC(C)n1ccc(CN2CCC(CC)(C(=O)O)C2)n1. The Morgan fingerprint density at radius 1 is 1.55 bits per heavy atom. The minimum absolute atomic E-state index is 0.413. The van der Waals surface area contributed by atoms with E-state index in [4.69, 9.17) is 0 Å². The van der Waals surface area contributed by atoms with Gasteiger partial charge in [-0.15, -0.1) is 0 Å². The van der Waals surface area contributed by atoms with Gasteiger partial charge in [0.1, 0.15) is 0 Å². The Hall–Kier alpha value is -1.36. The first-order chi connectivity index (χ1) is 9.50. The second-order valence-corrected chi connectivity index (χ2v) is 5.94. The minimum atomic E-state index is -0.660. The van der Waals surface area contributed by atoms with Crippen LogP contribution in [0.4, 0.5) is 0 Å². The van der Waals surface area contributed by atoms with Crippen LogP contribution in [0.1, 0.15) is 51.8 Å². The van der Waals surface area contributed by atoms with Gasteiger partial charge in [-0.1, -0.05) is 13.8 Å². The van der Waals surface area contributed by atoms with E-state index in [0.29, 0.717) is 19.0 Å². The van der Waals surface area contributed by atoms with E-state index in [0.717, 1.165) is 31.6 Å². The topological polar surface area (TPSA) is 58.4 Å². The molecule has 2 atom stereocenters. The minimum Gasteiger partial charge on any atom is -0.481 e. The van der Waals surface area contributed by atoms with Crippen molar-refractivity contribution in [1.82, 2.24) is 14.7 Å². The molecule has 0 aliphatic carbocycles. The van der Waals surface area contributed by atoms with E-state index in [1.54, 1.807) is 0 Å².